The molecule has 2 rings (SSSR count). The third-order valence-corrected chi connectivity index (χ3v) is 3.62. The Morgan fingerprint density at radius 1 is 1.50 bits per heavy atom. The highest BCUT2D eigenvalue weighted by molar-refractivity contribution is 7.89. The van der Waals surface area contributed by atoms with Crippen LogP contribution in [0.2, 0.25) is 0 Å². The van der Waals surface area contributed by atoms with Crippen molar-refractivity contribution in [3.05, 3.63) is 29.1 Å². The SMILES string of the molecule is C=Cc1cscc1-c1cn(S(C)(=O)=O)nn1. The average molecular weight is 255 g/mol. The van der Waals surface area contributed by atoms with E-state index in [1.165, 1.54) is 17.5 Å². The van der Waals surface area contributed by atoms with Crippen LogP contribution in [-0.2, 0) is 10.0 Å². The second-order valence-electron chi connectivity index (χ2n) is 3.18. The molecule has 0 fully saturated rings. The Morgan fingerprint density at radius 3 is 2.81 bits per heavy atom. The molecule has 0 unspecified atom stereocenters. The summed E-state index contributed by atoms with van der Waals surface area (Å²) in [4.78, 5) is 0. The summed E-state index contributed by atoms with van der Waals surface area (Å²) in [5.74, 6) is 0. The number of nitrogens with zero attached hydrogens (tertiary/aromatic N) is 3. The molecule has 84 valence electrons. The Morgan fingerprint density at radius 2 is 2.25 bits per heavy atom. The van der Waals surface area contributed by atoms with Gasteiger partial charge in [0.05, 0.1) is 12.5 Å². The summed E-state index contributed by atoms with van der Waals surface area (Å²) in [6.07, 6.45) is 4.17. The molecule has 2 heterocycles. The summed E-state index contributed by atoms with van der Waals surface area (Å²) in [5.41, 5.74) is 2.29. The molecule has 0 spiro atoms. The number of rotatable bonds is 3. The Hall–Kier alpha value is -1.47. The third kappa shape index (κ3) is 1.91. The van der Waals surface area contributed by atoms with Crippen LogP contribution in [0.4, 0.5) is 0 Å². The smallest absolute Gasteiger partial charge is 0.205 e. The van der Waals surface area contributed by atoms with Crippen molar-refractivity contribution in [2.75, 3.05) is 6.26 Å². The van der Waals surface area contributed by atoms with E-state index in [2.05, 4.69) is 16.9 Å². The van der Waals surface area contributed by atoms with Crippen molar-refractivity contribution in [3.63, 3.8) is 0 Å². The maximum absolute atomic E-state index is 11.2. The van der Waals surface area contributed by atoms with Gasteiger partial charge in [0.2, 0.25) is 0 Å². The van der Waals surface area contributed by atoms with E-state index in [0.29, 0.717) is 5.69 Å². The van der Waals surface area contributed by atoms with Crippen molar-refractivity contribution in [3.8, 4) is 11.3 Å². The Balaban J connectivity index is 2.51. The zero-order valence-electron chi connectivity index (χ0n) is 8.49. The predicted octanol–water partition coefficient (Wildman–Crippen LogP) is 1.46. The van der Waals surface area contributed by atoms with Gasteiger partial charge in [-0.05, 0) is 10.9 Å². The third-order valence-electron chi connectivity index (χ3n) is 2.00. The van der Waals surface area contributed by atoms with Gasteiger partial charge in [0, 0.05) is 10.9 Å². The molecule has 0 saturated heterocycles. The molecule has 0 radical (unpaired) electrons. The van der Waals surface area contributed by atoms with E-state index in [-0.39, 0.29) is 0 Å². The fourth-order valence-corrected chi connectivity index (χ4v) is 2.50. The number of hydrogen-bond donors (Lipinski definition) is 0. The normalized spacial score (nSPS) is 11.6. The van der Waals surface area contributed by atoms with Crippen molar-refractivity contribution in [2.45, 2.75) is 0 Å². The standard InChI is InChI=1S/C9H9N3O2S2/c1-3-7-5-15-6-8(7)9-4-12(11-10-9)16(2,13)14/h3-6H,1H2,2H3. The van der Waals surface area contributed by atoms with E-state index < -0.39 is 10.0 Å². The first-order valence-electron chi connectivity index (χ1n) is 4.34. The molecule has 2 aromatic rings. The Kier molecular flexibility index (Phi) is 2.64. The highest BCUT2D eigenvalue weighted by Crippen LogP contribution is 2.26. The summed E-state index contributed by atoms with van der Waals surface area (Å²) >= 11 is 1.50. The first-order chi connectivity index (χ1) is 7.52. The second kappa shape index (κ2) is 3.84. The quantitative estimate of drug-likeness (QED) is 0.832. The molecule has 0 bridgehead atoms. The average Bonchev–Trinajstić information content (AvgIpc) is 2.84. The maximum atomic E-state index is 11.2. The van der Waals surface area contributed by atoms with Crippen LogP contribution in [0.3, 0.4) is 0 Å². The lowest BCUT2D eigenvalue weighted by molar-refractivity contribution is 0.583. The van der Waals surface area contributed by atoms with Crippen molar-refractivity contribution < 1.29 is 8.42 Å². The zero-order chi connectivity index (χ0) is 11.8. The molecule has 0 amide bonds. The molecule has 0 aliphatic rings. The van der Waals surface area contributed by atoms with E-state index >= 15 is 0 Å². The summed E-state index contributed by atoms with van der Waals surface area (Å²) in [5, 5.41) is 11.2. The second-order valence-corrected chi connectivity index (χ2v) is 5.77. The van der Waals surface area contributed by atoms with E-state index in [4.69, 9.17) is 0 Å². The van der Waals surface area contributed by atoms with E-state index in [1.54, 1.807) is 6.08 Å². The largest absolute Gasteiger partial charge is 0.252 e. The zero-order valence-corrected chi connectivity index (χ0v) is 10.1. The van der Waals surface area contributed by atoms with E-state index in [1.807, 2.05) is 10.8 Å². The minimum atomic E-state index is -3.37. The van der Waals surface area contributed by atoms with Crippen LogP contribution < -0.4 is 0 Å². The fourth-order valence-electron chi connectivity index (χ4n) is 1.21. The molecule has 0 atom stereocenters. The monoisotopic (exact) mass is 255 g/mol. The lowest BCUT2D eigenvalue weighted by Crippen LogP contribution is -2.10. The summed E-state index contributed by atoms with van der Waals surface area (Å²) in [6, 6.07) is 0. The van der Waals surface area contributed by atoms with Gasteiger partial charge >= 0.3 is 0 Å². The van der Waals surface area contributed by atoms with Crippen LogP contribution in [0.15, 0.2) is 23.5 Å². The van der Waals surface area contributed by atoms with Gasteiger partial charge in [0.25, 0.3) is 10.0 Å². The van der Waals surface area contributed by atoms with E-state index in [9.17, 15) is 8.42 Å². The number of hydrogen-bond acceptors (Lipinski definition) is 5. The predicted molar refractivity (Wildman–Crippen MR) is 63.7 cm³/mol. The minimum absolute atomic E-state index is 0.529. The van der Waals surface area contributed by atoms with Crippen LogP contribution in [-0.4, -0.2) is 29.1 Å². The highest BCUT2D eigenvalue weighted by Gasteiger charge is 2.12. The van der Waals surface area contributed by atoms with Gasteiger partial charge in [-0.2, -0.15) is 11.3 Å². The maximum Gasteiger partial charge on any atom is 0.252 e. The van der Waals surface area contributed by atoms with Gasteiger partial charge in [-0.3, -0.25) is 0 Å². The van der Waals surface area contributed by atoms with E-state index in [0.717, 1.165) is 21.5 Å². The molecule has 7 heteroatoms. The summed E-state index contributed by atoms with van der Waals surface area (Å²) in [6.45, 7) is 3.68. The number of thiophene rings is 1. The van der Waals surface area contributed by atoms with Gasteiger partial charge in [-0.25, -0.2) is 8.42 Å². The van der Waals surface area contributed by atoms with Crippen molar-refractivity contribution in [1.82, 2.24) is 14.4 Å². The molecule has 2 aromatic heterocycles. The van der Waals surface area contributed by atoms with Crippen molar-refractivity contribution in [2.24, 2.45) is 0 Å². The topological polar surface area (TPSA) is 64.8 Å². The van der Waals surface area contributed by atoms with Gasteiger partial charge in [0.1, 0.15) is 5.69 Å². The Labute approximate surface area is 97.1 Å². The minimum Gasteiger partial charge on any atom is -0.205 e. The first-order valence-corrected chi connectivity index (χ1v) is 7.13. The molecule has 0 aromatic carbocycles. The molecule has 5 nitrogen and oxygen atoms in total. The van der Waals surface area contributed by atoms with Gasteiger partial charge in [-0.1, -0.05) is 17.9 Å². The van der Waals surface area contributed by atoms with Crippen molar-refractivity contribution >= 4 is 27.4 Å². The summed E-state index contributed by atoms with van der Waals surface area (Å²) in [7, 11) is -3.37. The molecule has 0 aliphatic carbocycles. The molecule has 16 heavy (non-hydrogen) atoms. The van der Waals surface area contributed by atoms with Crippen LogP contribution in [0.25, 0.3) is 17.3 Å². The van der Waals surface area contributed by atoms with Gasteiger partial charge in [0.15, 0.2) is 0 Å². The lowest BCUT2D eigenvalue weighted by Gasteiger charge is -1.93. The molecule has 0 aliphatic heterocycles. The Bertz CT molecular complexity index is 625. The van der Waals surface area contributed by atoms with Gasteiger partial charge in [-0.15, -0.1) is 9.19 Å². The van der Waals surface area contributed by atoms with Crippen LogP contribution in [0.5, 0.6) is 0 Å². The lowest BCUT2D eigenvalue weighted by atomic mass is 10.1. The fraction of sp³-hybridized carbons (Fsp3) is 0.111. The first kappa shape index (κ1) is 11.0. The molecule has 0 N–H and O–H groups in total. The molecular formula is C9H9N3O2S2. The number of aromatic nitrogens is 3. The van der Waals surface area contributed by atoms with Gasteiger partial charge < -0.3 is 0 Å². The highest BCUT2D eigenvalue weighted by atomic mass is 32.2. The van der Waals surface area contributed by atoms with Crippen LogP contribution in [0.1, 0.15) is 5.56 Å². The molecule has 0 saturated carbocycles. The summed E-state index contributed by atoms with van der Waals surface area (Å²) < 4.78 is 23.3. The van der Waals surface area contributed by atoms with Crippen LogP contribution in [0, 0.1) is 0 Å². The van der Waals surface area contributed by atoms with Crippen molar-refractivity contribution in [1.29, 1.82) is 0 Å². The van der Waals surface area contributed by atoms with Crippen LogP contribution >= 0.6 is 11.3 Å². The molecular weight excluding hydrogens is 246 g/mol.